The molecule has 1 saturated carbocycles. The molecule has 0 saturated heterocycles. The smallest absolute Gasteiger partial charge is 0.126 e. The zero-order valence-corrected chi connectivity index (χ0v) is 12.9. The number of rotatable bonds is 4. The molecule has 21 heavy (non-hydrogen) atoms. The van der Waals surface area contributed by atoms with Gasteiger partial charge in [0, 0.05) is 18.8 Å². The zero-order chi connectivity index (χ0) is 14.7. The SMILES string of the molecule is CN(C)C[C@H]1CC[C@H](Nc2ccc3ncccc3n2)CC1. The van der Waals surface area contributed by atoms with Crippen LogP contribution in [-0.4, -0.2) is 41.5 Å². The van der Waals surface area contributed by atoms with E-state index in [-0.39, 0.29) is 0 Å². The van der Waals surface area contributed by atoms with Gasteiger partial charge in [0.25, 0.3) is 0 Å². The van der Waals surface area contributed by atoms with Crippen LogP contribution >= 0.6 is 0 Å². The highest BCUT2D eigenvalue weighted by Gasteiger charge is 2.21. The molecule has 1 aliphatic rings. The average Bonchev–Trinajstić information content (AvgIpc) is 2.49. The first-order valence-corrected chi connectivity index (χ1v) is 7.84. The molecule has 0 bridgehead atoms. The summed E-state index contributed by atoms with van der Waals surface area (Å²) in [6, 6.07) is 8.60. The minimum atomic E-state index is 0.560. The molecule has 0 aromatic carbocycles. The topological polar surface area (TPSA) is 41.0 Å². The monoisotopic (exact) mass is 284 g/mol. The molecule has 1 fully saturated rings. The third-order valence-corrected chi connectivity index (χ3v) is 4.28. The lowest BCUT2D eigenvalue weighted by atomic mass is 9.86. The van der Waals surface area contributed by atoms with E-state index in [0.29, 0.717) is 6.04 Å². The highest BCUT2D eigenvalue weighted by molar-refractivity contribution is 5.75. The molecule has 4 heteroatoms. The molecule has 112 valence electrons. The van der Waals surface area contributed by atoms with E-state index < -0.39 is 0 Å². The van der Waals surface area contributed by atoms with E-state index in [2.05, 4.69) is 34.3 Å². The van der Waals surface area contributed by atoms with Crippen molar-refractivity contribution < 1.29 is 0 Å². The Morgan fingerprint density at radius 1 is 1.10 bits per heavy atom. The number of hydrogen-bond acceptors (Lipinski definition) is 4. The normalized spacial score (nSPS) is 22.6. The molecule has 1 aliphatic carbocycles. The number of nitrogens with one attached hydrogen (secondary N) is 1. The summed E-state index contributed by atoms with van der Waals surface area (Å²) >= 11 is 0. The van der Waals surface area contributed by atoms with Gasteiger partial charge in [-0.25, -0.2) is 4.98 Å². The highest BCUT2D eigenvalue weighted by Crippen LogP contribution is 2.27. The van der Waals surface area contributed by atoms with Gasteiger partial charge in [-0.15, -0.1) is 0 Å². The Morgan fingerprint density at radius 2 is 1.90 bits per heavy atom. The summed E-state index contributed by atoms with van der Waals surface area (Å²) in [5, 5.41) is 3.59. The molecule has 0 amide bonds. The van der Waals surface area contributed by atoms with E-state index >= 15 is 0 Å². The van der Waals surface area contributed by atoms with Gasteiger partial charge in [-0.2, -0.15) is 0 Å². The zero-order valence-electron chi connectivity index (χ0n) is 12.9. The van der Waals surface area contributed by atoms with Gasteiger partial charge in [-0.05, 0) is 70.0 Å². The Labute approximate surface area is 126 Å². The third-order valence-electron chi connectivity index (χ3n) is 4.28. The van der Waals surface area contributed by atoms with Crippen LogP contribution < -0.4 is 5.32 Å². The van der Waals surface area contributed by atoms with Crippen molar-refractivity contribution in [2.75, 3.05) is 26.0 Å². The van der Waals surface area contributed by atoms with Crippen molar-refractivity contribution >= 4 is 16.9 Å². The Morgan fingerprint density at radius 3 is 2.67 bits per heavy atom. The lowest BCUT2D eigenvalue weighted by Crippen LogP contribution is -2.31. The van der Waals surface area contributed by atoms with Crippen LogP contribution in [0, 0.1) is 5.92 Å². The van der Waals surface area contributed by atoms with Crippen LogP contribution in [0.15, 0.2) is 30.5 Å². The van der Waals surface area contributed by atoms with Gasteiger partial charge in [0.1, 0.15) is 5.82 Å². The van der Waals surface area contributed by atoms with Crippen LogP contribution in [0.5, 0.6) is 0 Å². The molecule has 3 rings (SSSR count). The van der Waals surface area contributed by atoms with Gasteiger partial charge in [0.2, 0.25) is 0 Å². The van der Waals surface area contributed by atoms with Crippen molar-refractivity contribution in [3.63, 3.8) is 0 Å². The summed E-state index contributed by atoms with van der Waals surface area (Å²) in [5.41, 5.74) is 1.92. The van der Waals surface area contributed by atoms with Crippen molar-refractivity contribution in [3.8, 4) is 0 Å². The Bertz CT molecular complexity index is 588. The first-order chi connectivity index (χ1) is 10.2. The van der Waals surface area contributed by atoms with E-state index in [0.717, 1.165) is 22.8 Å². The molecule has 2 heterocycles. The predicted molar refractivity (Wildman–Crippen MR) is 87.5 cm³/mol. The second-order valence-corrected chi connectivity index (χ2v) is 6.36. The van der Waals surface area contributed by atoms with Crippen LogP contribution in [0.4, 0.5) is 5.82 Å². The number of aromatic nitrogens is 2. The van der Waals surface area contributed by atoms with Gasteiger partial charge >= 0.3 is 0 Å². The minimum Gasteiger partial charge on any atom is -0.367 e. The van der Waals surface area contributed by atoms with Crippen LogP contribution in [0.2, 0.25) is 0 Å². The molecule has 0 atom stereocenters. The molecular formula is C17H24N4. The fourth-order valence-electron chi connectivity index (χ4n) is 3.25. The molecular weight excluding hydrogens is 260 g/mol. The largest absolute Gasteiger partial charge is 0.367 e. The maximum Gasteiger partial charge on any atom is 0.126 e. The summed E-state index contributed by atoms with van der Waals surface area (Å²) in [4.78, 5) is 11.3. The molecule has 0 spiro atoms. The summed E-state index contributed by atoms with van der Waals surface area (Å²) in [7, 11) is 4.33. The number of fused-ring (bicyclic) bond motifs is 1. The number of nitrogens with zero attached hydrogens (tertiary/aromatic N) is 3. The maximum absolute atomic E-state index is 4.65. The molecule has 2 aromatic rings. The predicted octanol–water partition coefficient (Wildman–Crippen LogP) is 3.16. The third kappa shape index (κ3) is 3.70. The fraction of sp³-hybridized carbons (Fsp3) is 0.529. The van der Waals surface area contributed by atoms with Gasteiger partial charge < -0.3 is 10.2 Å². The van der Waals surface area contributed by atoms with E-state index in [4.69, 9.17) is 0 Å². The summed E-state index contributed by atoms with van der Waals surface area (Å²) in [6.07, 6.45) is 6.91. The second-order valence-electron chi connectivity index (χ2n) is 6.36. The molecule has 0 unspecified atom stereocenters. The van der Waals surface area contributed by atoms with Crippen molar-refractivity contribution in [2.24, 2.45) is 5.92 Å². The summed E-state index contributed by atoms with van der Waals surface area (Å²) in [6.45, 7) is 1.21. The lowest BCUT2D eigenvalue weighted by Gasteiger charge is -2.31. The molecule has 0 radical (unpaired) electrons. The first kappa shape index (κ1) is 14.3. The number of pyridine rings is 2. The minimum absolute atomic E-state index is 0.560. The van der Waals surface area contributed by atoms with Crippen molar-refractivity contribution in [1.82, 2.24) is 14.9 Å². The standard InChI is InChI=1S/C17H24N4/c1-21(2)12-13-5-7-14(8-6-13)19-17-10-9-15-16(20-17)4-3-11-18-15/h3-4,9-11,13-14H,5-8,12H2,1-2H3,(H,19,20)/t13-,14-. The Balaban J connectivity index is 1.59. The Kier molecular flexibility index (Phi) is 4.34. The van der Waals surface area contributed by atoms with Crippen molar-refractivity contribution in [1.29, 1.82) is 0 Å². The lowest BCUT2D eigenvalue weighted by molar-refractivity contribution is 0.255. The van der Waals surface area contributed by atoms with Gasteiger partial charge in [-0.1, -0.05) is 0 Å². The van der Waals surface area contributed by atoms with E-state index in [1.807, 2.05) is 30.5 Å². The van der Waals surface area contributed by atoms with Crippen molar-refractivity contribution in [2.45, 2.75) is 31.7 Å². The van der Waals surface area contributed by atoms with Gasteiger partial charge in [0.05, 0.1) is 11.0 Å². The summed E-state index contributed by atoms with van der Waals surface area (Å²) in [5.74, 6) is 1.83. The molecule has 2 aromatic heterocycles. The van der Waals surface area contributed by atoms with Crippen LogP contribution in [0.25, 0.3) is 11.0 Å². The van der Waals surface area contributed by atoms with Gasteiger partial charge in [0.15, 0.2) is 0 Å². The maximum atomic E-state index is 4.65. The van der Waals surface area contributed by atoms with Crippen LogP contribution in [0.1, 0.15) is 25.7 Å². The fourth-order valence-corrected chi connectivity index (χ4v) is 3.25. The summed E-state index contributed by atoms with van der Waals surface area (Å²) < 4.78 is 0. The van der Waals surface area contributed by atoms with Crippen LogP contribution in [0.3, 0.4) is 0 Å². The number of anilines is 1. The van der Waals surface area contributed by atoms with Crippen LogP contribution in [-0.2, 0) is 0 Å². The highest BCUT2D eigenvalue weighted by atomic mass is 15.1. The van der Waals surface area contributed by atoms with E-state index in [1.54, 1.807) is 0 Å². The quantitative estimate of drug-likeness (QED) is 0.936. The van der Waals surface area contributed by atoms with Gasteiger partial charge in [-0.3, -0.25) is 4.98 Å². The first-order valence-electron chi connectivity index (χ1n) is 7.84. The van der Waals surface area contributed by atoms with Crippen molar-refractivity contribution in [3.05, 3.63) is 30.5 Å². The second kappa shape index (κ2) is 6.39. The molecule has 1 N–H and O–H groups in total. The Hall–Kier alpha value is -1.68. The number of hydrogen-bond donors (Lipinski definition) is 1. The molecule has 4 nitrogen and oxygen atoms in total. The molecule has 0 aliphatic heterocycles. The van der Waals surface area contributed by atoms with E-state index in [9.17, 15) is 0 Å². The average molecular weight is 284 g/mol. The van der Waals surface area contributed by atoms with E-state index in [1.165, 1.54) is 32.2 Å².